The molecule has 3 heterocycles. The Morgan fingerprint density at radius 2 is 1.84 bits per heavy atom. The average Bonchev–Trinajstić information content (AvgIpc) is 3.37. The number of nitrogens with zero attached hydrogens (tertiary/aromatic N) is 2. The Morgan fingerprint density at radius 3 is 2.52 bits per heavy atom. The van der Waals surface area contributed by atoms with E-state index >= 15 is 0 Å². The van der Waals surface area contributed by atoms with Gasteiger partial charge in [-0.15, -0.1) is 0 Å². The zero-order valence-electron chi connectivity index (χ0n) is 16.8. The molecule has 5 rings (SSSR count). The van der Waals surface area contributed by atoms with Crippen molar-refractivity contribution in [3.05, 3.63) is 47.2 Å². The van der Waals surface area contributed by atoms with Gasteiger partial charge in [-0.05, 0) is 40.9 Å². The molecule has 1 aliphatic heterocycles. The lowest BCUT2D eigenvalue weighted by Crippen LogP contribution is -2.39. The molecule has 1 spiro atoms. The van der Waals surface area contributed by atoms with Crippen LogP contribution in [0.5, 0.6) is 0 Å². The first-order valence-electron chi connectivity index (χ1n) is 10.2. The van der Waals surface area contributed by atoms with Gasteiger partial charge in [-0.25, -0.2) is 17.4 Å². The van der Waals surface area contributed by atoms with E-state index in [4.69, 9.17) is 15.2 Å². The lowest BCUT2D eigenvalue weighted by Gasteiger charge is -2.36. The normalized spacial score (nSPS) is 19.3. The molecule has 164 valence electrons. The number of anilines is 2. The van der Waals surface area contributed by atoms with Crippen LogP contribution in [0.3, 0.4) is 0 Å². The summed E-state index contributed by atoms with van der Waals surface area (Å²) < 4.78 is 39.9. The van der Waals surface area contributed by atoms with E-state index in [9.17, 15) is 8.42 Å². The number of pyridine rings is 1. The smallest absolute Gasteiger partial charge is 0.269 e. The Hall–Kier alpha value is -2.14. The maximum atomic E-state index is 13.2. The lowest BCUT2D eigenvalue weighted by atomic mass is 9.90. The molecule has 10 heteroatoms. The molecule has 1 aromatic carbocycles. The zero-order valence-corrected chi connectivity index (χ0v) is 19.2. The standard InChI is InChI=1S/C21H23BrN4O4S/c22-16-13-26(31(27,28)15-4-2-1-3-5-15)20-18(16)19(17(23)12-24-20)25-14-6-8-21(9-7-14)29-10-11-30-21/h1-5,12-14H,6-11,23H2,(H,24,25). The largest absolute Gasteiger partial charge is 0.396 e. The predicted octanol–water partition coefficient (Wildman–Crippen LogP) is 3.72. The molecule has 0 bridgehead atoms. The van der Waals surface area contributed by atoms with Crippen molar-refractivity contribution >= 4 is 48.4 Å². The number of nitrogens with one attached hydrogen (secondary N) is 1. The predicted molar refractivity (Wildman–Crippen MR) is 121 cm³/mol. The molecule has 3 N–H and O–H groups in total. The molecule has 2 fully saturated rings. The summed E-state index contributed by atoms with van der Waals surface area (Å²) in [4.78, 5) is 4.55. The van der Waals surface area contributed by atoms with Gasteiger partial charge < -0.3 is 20.5 Å². The van der Waals surface area contributed by atoms with E-state index in [0.29, 0.717) is 40.1 Å². The van der Waals surface area contributed by atoms with Gasteiger partial charge in [0, 0.05) is 29.6 Å². The molecule has 31 heavy (non-hydrogen) atoms. The highest BCUT2D eigenvalue weighted by Gasteiger charge is 2.40. The van der Waals surface area contributed by atoms with Crippen molar-refractivity contribution in [2.75, 3.05) is 24.3 Å². The van der Waals surface area contributed by atoms with E-state index in [1.54, 1.807) is 30.3 Å². The van der Waals surface area contributed by atoms with E-state index in [1.165, 1.54) is 16.4 Å². The molecule has 2 aromatic heterocycles. The third-order valence-corrected chi connectivity index (χ3v) is 8.24. The Bertz CT molecular complexity index is 1210. The molecule has 0 amide bonds. The third-order valence-electron chi connectivity index (χ3n) is 5.98. The summed E-state index contributed by atoms with van der Waals surface area (Å²) in [5.41, 5.74) is 7.74. The van der Waals surface area contributed by atoms with E-state index < -0.39 is 15.8 Å². The number of hydrogen-bond acceptors (Lipinski definition) is 7. The highest BCUT2D eigenvalue weighted by molar-refractivity contribution is 9.10. The quantitative estimate of drug-likeness (QED) is 0.554. The topological polar surface area (TPSA) is 108 Å². The van der Waals surface area contributed by atoms with Gasteiger partial charge in [0.1, 0.15) is 0 Å². The van der Waals surface area contributed by atoms with Gasteiger partial charge in [-0.1, -0.05) is 18.2 Å². The minimum atomic E-state index is -3.80. The summed E-state index contributed by atoms with van der Waals surface area (Å²) in [5.74, 6) is -0.440. The Morgan fingerprint density at radius 1 is 1.16 bits per heavy atom. The fourth-order valence-corrected chi connectivity index (χ4v) is 6.43. The van der Waals surface area contributed by atoms with Crippen LogP contribution in [0.2, 0.25) is 0 Å². The molecule has 1 saturated carbocycles. The first-order chi connectivity index (χ1) is 14.9. The van der Waals surface area contributed by atoms with E-state index in [-0.39, 0.29) is 10.9 Å². The van der Waals surface area contributed by atoms with Gasteiger partial charge in [0.2, 0.25) is 0 Å². The molecule has 1 aliphatic carbocycles. The molecule has 2 aliphatic rings. The molecular weight excluding hydrogens is 484 g/mol. The van der Waals surface area contributed by atoms with Crippen LogP contribution in [0.25, 0.3) is 11.0 Å². The average molecular weight is 507 g/mol. The van der Waals surface area contributed by atoms with Crippen molar-refractivity contribution < 1.29 is 17.9 Å². The number of fused-ring (bicyclic) bond motifs is 1. The van der Waals surface area contributed by atoms with Crippen molar-refractivity contribution in [3.8, 4) is 0 Å². The van der Waals surface area contributed by atoms with Gasteiger partial charge in [-0.3, -0.25) is 0 Å². The summed E-state index contributed by atoms with van der Waals surface area (Å²) in [6.07, 6.45) is 6.38. The molecular formula is C21H23BrN4O4S. The van der Waals surface area contributed by atoms with Gasteiger partial charge in [-0.2, -0.15) is 0 Å². The van der Waals surface area contributed by atoms with Gasteiger partial charge >= 0.3 is 0 Å². The monoisotopic (exact) mass is 506 g/mol. The van der Waals surface area contributed by atoms with Gasteiger partial charge in [0.05, 0.1) is 41.1 Å². The van der Waals surface area contributed by atoms with E-state index in [2.05, 4.69) is 26.2 Å². The van der Waals surface area contributed by atoms with Gasteiger partial charge in [0.15, 0.2) is 11.4 Å². The van der Waals surface area contributed by atoms with E-state index in [1.807, 2.05) is 0 Å². The minimum absolute atomic E-state index is 0.173. The number of benzene rings is 1. The molecule has 1 saturated heterocycles. The summed E-state index contributed by atoms with van der Waals surface area (Å²) in [5, 5.41) is 4.18. The zero-order chi connectivity index (χ0) is 21.6. The lowest BCUT2D eigenvalue weighted by molar-refractivity contribution is -0.177. The van der Waals surface area contributed by atoms with Crippen molar-refractivity contribution in [2.24, 2.45) is 0 Å². The van der Waals surface area contributed by atoms with Crippen LogP contribution in [-0.4, -0.2) is 42.4 Å². The fraction of sp³-hybridized carbons (Fsp3) is 0.381. The van der Waals surface area contributed by atoms with Crippen molar-refractivity contribution in [1.29, 1.82) is 0 Å². The summed E-state index contributed by atoms with van der Waals surface area (Å²) in [7, 11) is -3.80. The molecule has 0 radical (unpaired) electrons. The summed E-state index contributed by atoms with van der Waals surface area (Å²) in [6.45, 7) is 1.29. The van der Waals surface area contributed by atoms with Crippen LogP contribution in [0.15, 0.2) is 52.1 Å². The molecule has 3 aromatic rings. The van der Waals surface area contributed by atoms with Gasteiger partial charge in [0.25, 0.3) is 10.0 Å². The minimum Gasteiger partial charge on any atom is -0.396 e. The first kappa shape index (κ1) is 20.7. The SMILES string of the molecule is Nc1cnc2c(c(Br)cn2S(=O)(=O)c2ccccc2)c1NC1CCC2(CC1)OCCO2. The maximum Gasteiger partial charge on any atom is 0.269 e. The molecule has 8 nitrogen and oxygen atoms in total. The maximum absolute atomic E-state index is 13.2. The number of nitrogen functional groups attached to an aromatic ring is 1. The molecule has 0 atom stereocenters. The summed E-state index contributed by atoms with van der Waals surface area (Å²) >= 11 is 3.52. The fourth-order valence-electron chi connectivity index (χ4n) is 4.37. The second-order valence-electron chi connectivity index (χ2n) is 7.90. The summed E-state index contributed by atoms with van der Waals surface area (Å²) in [6, 6.07) is 8.47. The third kappa shape index (κ3) is 3.61. The second-order valence-corrected chi connectivity index (χ2v) is 10.6. The number of halogens is 1. The highest BCUT2D eigenvalue weighted by Crippen LogP contribution is 2.40. The first-order valence-corrected chi connectivity index (χ1v) is 12.4. The number of aromatic nitrogens is 2. The van der Waals surface area contributed by atoms with Crippen LogP contribution in [0.1, 0.15) is 25.7 Å². The number of hydrogen-bond donors (Lipinski definition) is 2. The van der Waals surface area contributed by atoms with Crippen molar-refractivity contribution in [2.45, 2.75) is 42.4 Å². The van der Waals surface area contributed by atoms with Crippen LogP contribution < -0.4 is 11.1 Å². The van der Waals surface area contributed by atoms with Crippen LogP contribution >= 0.6 is 15.9 Å². The Labute approximate surface area is 188 Å². The second kappa shape index (κ2) is 7.77. The van der Waals surface area contributed by atoms with E-state index in [0.717, 1.165) is 25.7 Å². The Balaban J connectivity index is 1.49. The number of nitrogens with two attached hydrogens (primary N) is 1. The number of ether oxygens (including phenoxy) is 2. The number of rotatable bonds is 4. The highest BCUT2D eigenvalue weighted by atomic mass is 79.9. The van der Waals surface area contributed by atoms with Crippen LogP contribution in [0, 0.1) is 0 Å². The van der Waals surface area contributed by atoms with Crippen molar-refractivity contribution in [3.63, 3.8) is 0 Å². The molecule has 0 unspecified atom stereocenters. The van der Waals surface area contributed by atoms with Crippen LogP contribution in [-0.2, 0) is 19.5 Å². The van der Waals surface area contributed by atoms with Crippen molar-refractivity contribution in [1.82, 2.24) is 8.96 Å². The van der Waals surface area contributed by atoms with Crippen LogP contribution in [0.4, 0.5) is 11.4 Å². The Kier molecular flexibility index (Phi) is 5.20.